The highest BCUT2D eigenvalue weighted by Crippen LogP contribution is 2.28. The summed E-state index contributed by atoms with van der Waals surface area (Å²) in [6.07, 6.45) is 0. The van der Waals surface area contributed by atoms with E-state index in [1.54, 1.807) is 6.07 Å². The van der Waals surface area contributed by atoms with Crippen molar-refractivity contribution < 1.29 is 8.42 Å². The highest BCUT2D eigenvalue weighted by molar-refractivity contribution is 7.89. The van der Waals surface area contributed by atoms with E-state index >= 15 is 0 Å². The second-order valence-electron chi connectivity index (χ2n) is 6.24. The minimum absolute atomic E-state index is 0. The molecule has 0 aromatic heterocycles. The summed E-state index contributed by atoms with van der Waals surface area (Å²) in [6.45, 7) is 5.15. The van der Waals surface area contributed by atoms with Gasteiger partial charge in [-0.3, -0.25) is 4.90 Å². The first-order valence-electron chi connectivity index (χ1n) is 8.09. The predicted molar refractivity (Wildman–Crippen MR) is 109 cm³/mol. The molecule has 142 valence electrons. The summed E-state index contributed by atoms with van der Waals surface area (Å²) in [6, 6.07) is 12.9. The third-order valence-electron chi connectivity index (χ3n) is 4.33. The number of sulfonamides is 1. The monoisotopic (exact) mass is 434 g/mol. The largest absolute Gasteiger partial charge is 0.296 e. The standard InChI is InChI=1S/C18H20Cl2N2O2S.ClH/c1-14-3-2-4-15(11-14)13-21-7-9-22(10-8-21)25(23,24)18-12-16(19)5-6-17(18)20;/h2-6,11-12H,7-10,13H2,1H3;1H. The number of benzene rings is 2. The second kappa shape index (κ2) is 8.91. The maximum absolute atomic E-state index is 12.8. The smallest absolute Gasteiger partial charge is 0.244 e. The van der Waals surface area contributed by atoms with Crippen LogP contribution < -0.4 is 0 Å². The van der Waals surface area contributed by atoms with E-state index in [1.807, 2.05) is 6.07 Å². The second-order valence-corrected chi connectivity index (χ2v) is 8.99. The van der Waals surface area contributed by atoms with Crippen molar-refractivity contribution in [2.45, 2.75) is 18.4 Å². The number of piperazine rings is 1. The molecule has 0 amide bonds. The quantitative estimate of drug-likeness (QED) is 0.721. The first kappa shape index (κ1) is 21.5. The Morgan fingerprint density at radius 2 is 1.69 bits per heavy atom. The minimum Gasteiger partial charge on any atom is -0.296 e. The van der Waals surface area contributed by atoms with Gasteiger partial charge in [0, 0.05) is 37.7 Å². The summed E-state index contributed by atoms with van der Waals surface area (Å²) < 4.78 is 27.2. The Kier molecular flexibility index (Phi) is 7.36. The highest BCUT2D eigenvalue weighted by atomic mass is 35.5. The van der Waals surface area contributed by atoms with Crippen molar-refractivity contribution in [3.8, 4) is 0 Å². The van der Waals surface area contributed by atoms with Gasteiger partial charge in [0.05, 0.1) is 5.02 Å². The molecule has 0 unspecified atom stereocenters. The lowest BCUT2D eigenvalue weighted by atomic mass is 10.1. The van der Waals surface area contributed by atoms with E-state index in [2.05, 4.69) is 30.0 Å². The number of nitrogens with zero attached hydrogens (tertiary/aromatic N) is 2. The van der Waals surface area contributed by atoms with E-state index in [1.165, 1.54) is 27.6 Å². The molecule has 1 heterocycles. The van der Waals surface area contributed by atoms with Crippen LogP contribution in [-0.2, 0) is 16.6 Å². The number of hydrogen-bond acceptors (Lipinski definition) is 3. The molecule has 0 aliphatic carbocycles. The van der Waals surface area contributed by atoms with Crippen LogP contribution in [0.25, 0.3) is 0 Å². The molecule has 0 spiro atoms. The van der Waals surface area contributed by atoms with Gasteiger partial charge in [-0.2, -0.15) is 4.31 Å². The van der Waals surface area contributed by atoms with E-state index in [9.17, 15) is 8.42 Å². The summed E-state index contributed by atoms with van der Waals surface area (Å²) in [7, 11) is -3.63. The molecule has 0 N–H and O–H groups in total. The van der Waals surface area contributed by atoms with Crippen LogP contribution in [0.1, 0.15) is 11.1 Å². The zero-order chi connectivity index (χ0) is 18.0. The van der Waals surface area contributed by atoms with E-state index < -0.39 is 10.0 Å². The molecular formula is C18H21Cl3N2O2S. The fraction of sp³-hybridized carbons (Fsp3) is 0.333. The van der Waals surface area contributed by atoms with Gasteiger partial charge in [-0.25, -0.2) is 8.42 Å². The van der Waals surface area contributed by atoms with Crippen molar-refractivity contribution in [1.29, 1.82) is 0 Å². The lowest BCUT2D eigenvalue weighted by molar-refractivity contribution is 0.181. The highest BCUT2D eigenvalue weighted by Gasteiger charge is 2.30. The van der Waals surface area contributed by atoms with Crippen LogP contribution in [0.15, 0.2) is 47.4 Å². The summed E-state index contributed by atoms with van der Waals surface area (Å²) >= 11 is 12.0. The minimum atomic E-state index is -3.63. The molecule has 0 atom stereocenters. The van der Waals surface area contributed by atoms with E-state index in [-0.39, 0.29) is 22.3 Å². The molecule has 2 aromatic rings. The average molecular weight is 436 g/mol. The molecule has 0 bridgehead atoms. The molecule has 8 heteroatoms. The van der Waals surface area contributed by atoms with Crippen molar-refractivity contribution in [2.75, 3.05) is 26.2 Å². The number of hydrogen-bond donors (Lipinski definition) is 0. The predicted octanol–water partition coefficient (Wildman–Crippen LogP) is 4.23. The Labute approximate surface area is 171 Å². The first-order chi connectivity index (χ1) is 11.9. The van der Waals surface area contributed by atoms with Crippen LogP contribution >= 0.6 is 35.6 Å². The topological polar surface area (TPSA) is 40.6 Å². The molecule has 2 aromatic carbocycles. The van der Waals surface area contributed by atoms with Crippen molar-refractivity contribution in [3.05, 3.63) is 63.6 Å². The Bertz CT molecular complexity index is 866. The molecule has 1 saturated heterocycles. The van der Waals surface area contributed by atoms with Gasteiger partial charge in [0.15, 0.2) is 0 Å². The Morgan fingerprint density at radius 1 is 1.00 bits per heavy atom. The lowest BCUT2D eigenvalue weighted by Gasteiger charge is -2.34. The molecule has 0 radical (unpaired) electrons. The van der Waals surface area contributed by atoms with E-state index in [0.717, 1.165) is 6.54 Å². The van der Waals surface area contributed by atoms with E-state index in [0.29, 0.717) is 31.2 Å². The average Bonchev–Trinajstić information content (AvgIpc) is 2.57. The number of aryl methyl sites for hydroxylation is 1. The van der Waals surface area contributed by atoms with Crippen molar-refractivity contribution in [3.63, 3.8) is 0 Å². The third kappa shape index (κ3) is 4.91. The number of rotatable bonds is 4. The summed E-state index contributed by atoms with van der Waals surface area (Å²) in [4.78, 5) is 2.34. The normalized spacial score (nSPS) is 16.3. The zero-order valence-corrected chi connectivity index (χ0v) is 17.5. The van der Waals surface area contributed by atoms with Crippen LogP contribution in [0.2, 0.25) is 10.0 Å². The molecular weight excluding hydrogens is 415 g/mol. The first-order valence-corrected chi connectivity index (χ1v) is 10.3. The Balaban J connectivity index is 0.00000243. The van der Waals surface area contributed by atoms with Gasteiger partial charge in [-0.1, -0.05) is 53.0 Å². The molecule has 3 rings (SSSR count). The van der Waals surface area contributed by atoms with Crippen molar-refractivity contribution in [1.82, 2.24) is 9.21 Å². The molecule has 4 nitrogen and oxygen atoms in total. The fourth-order valence-corrected chi connectivity index (χ4v) is 5.17. The summed E-state index contributed by atoms with van der Waals surface area (Å²) in [5.41, 5.74) is 2.48. The van der Waals surface area contributed by atoms with Gasteiger partial charge in [0.1, 0.15) is 4.90 Å². The maximum Gasteiger partial charge on any atom is 0.244 e. The third-order valence-corrected chi connectivity index (χ3v) is 6.95. The molecule has 1 aliphatic rings. The van der Waals surface area contributed by atoms with Crippen LogP contribution in [-0.4, -0.2) is 43.8 Å². The summed E-state index contributed by atoms with van der Waals surface area (Å²) in [5, 5.41) is 0.563. The van der Waals surface area contributed by atoms with Crippen molar-refractivity contribution >= 4 is 45.6 Å². The van der Waals surface area contributed by atoms with Crippen LogP contribution in [0.3, 0.4) is 0 Å². The molecule has 0 saturated carbocycles. The van der Waals surface area contributed by atoms with Crippen LogP contribution in [0.5, 0.6) is 0 Å². The van der Waals surface area contributed by atoms with Gasteiger partial charge in [-0.05, 0) is 30.7 Å². The number of halogens is 3. The maximum atomic E-state index is 12.8. The molecule has 26 heavy (non-hydrogen) atoms. The van der Waals surface area contributed by atoms with Crippen LogP contribution in [0.4, 0.5) is 0 Å². The SMILES string of the molecule is Cc1cccc(CN2CCN(S(=O)(=O)c3cc(Cl)ccc3Cl)CC2)c1.Cl. The lowest BCUT2D eigenvalue weighted by Crippen LogP contribution is -2.48. The summed E-state index contributed by atoms with van der Waals surface area (Å²) in [5.74, 6) is 0. The molecule has 1 fully saturated rings. The fourth-order valence-electron chi connectivity index (χ4n) is 3.01. The zero-order valence-electron chi connectivity index (χ0n) is 14.4. The molecule has 1 aliphatic heterocycles. The van der Waals surface area contributed by atoms with Gasteiger partial charge in [0.25, 0.3) is 0 Å². The van der Waals surface area contributed by atoms with Gasteiger partial charge in [-0.15, -0.1) is 12.4 Å². The Morgan fingerprint density at radius 3 is 2.35 bits per heavy atom. The van der Waals surface area contributed by atoms with Crippen molar-refractivity contribution in [2.24, 2.45) is 0 Å². The van der Waals surface area contributed by atoms with Gasteiger partial charge in [0.2, 0.25) is 10.0 Å². The van der Waals surface area contributed by atoms with E-state index in [4.69, 9.17) is 23.2 Å². The van der Waals surface area contributed by atoms with Gasteiger partial charge < -0.3 is 0 Å². The van der Waals surface area contributed by atoms with Gasteiger partial charge >= 0.3 is 0 Å². The van der Waals surface area contributed by atoms with Crippen LogP contribution in [0, 0.1) is 6.92 Å². The Hall–Kier alpha value is -0.820.